The van der Waals surface area contributed by atoms with Crippen LogP contribution in [0.1, 0.15) is 41.9 Å². The summed E-state index contributed by atoms with van der Waals surface area (Å²) in [7, 11) is 0. The summed E-state index contributed by atoms with van der Waals surface area (Å²) in [6, 6.07) is 10.2. The minimum absolute atomic E-state index is 0.00121. The molecular formula is C19H17ClN2O4. The molecule has 6 nitrogen and oxygen atoms in total. The highest BCUT2D eigenvalue weighted by atomic mass is 35.5. The lowest BCUT2D eigenvalue weighted by atomic mass is 9.71. The largest absolute Gasteiger partial charge is 0.490 e. The topological polar surface area (TPSA) is 88.5 Å². The van der Waals surface area contributed by atoms with Crippen LogP contribution < -0.4 is 10.1 Å². The molecule has 7 heteroatoms. The molecule has 1 aliphatic heterocycles. The van der Waals surface area contributed by atoms with Crippen LogP contribution in [0.4, 0.5) is 5.69 Å². The van der Waals surface area contributed by atoms with E-state index >= 15 is 0 Å². The number of carboxylic acids is 1. The molecule has 2 heterocycles. The maximum atomic E-state index is 12.6. The van der Waals surface area contributed by atoms with Crippen molar-refractivity contribution in [3.8, 4) is 5.75 Å². The van der Waals surface area contributed by atoms with Crippen LogP contribution in [0.5, 0.6) is 5.75 Å². The van der Waals surface area contributed by atoms with Crippen LogP contribution in [0.3, 0.4) is 0 Å². The maximum absolute atomic E-state index is 12.6. The number of amides is 1. The Morgan fingerprint density at radius 3 is 2.54 bits per heavy atom. The number of fused-ring (bicyclic) bond motifs is 2. The molecule has 1 aromatic carbocycles. The summed E-state index contributed by atoms with van der Waals surface area (Å²) in [5.74, 6) is -0.451. The lowest BCUT2D eigenvalue weighted by Crippen LogP contribution is -2.41. The van der Waals surface area contributed by atoms with Crippen LogP contribution in [0, 0.1) is 0 Å². The van der Waals surface area contributed by atoms with E-state index in [0.717, 1.165) is 5.75 Å². The molecule has 2 N–H and O–H groups in total. The van der Waals surface area contributed by atoms with Gasteiger partial charge in [0.15, 0.2) is 0 Å². The van der Waals surface area contributed by atoms with Gasteiger partial charge in [-0.1, -0.05) is 11.6 Å². The normalized spacial score (nSPS) is 24.2. The predicted octanol–water partition coefficient (Wildman–Crippen LogP) is 3.64. The van der Waals surface area contributed by atoms with E-state index < -0.39 is 11.4 Å². The number of anilines is 1. The number of nitrogens with one attached hydrogen (secondary N) is 1. The van der Waals surface area contributed by atoms with Gasteiger partial charge in [-0.05, 0) is 62.1 Å². The van der Waals surface area contributed by atoms with Gasteiger partial charge in [0.2, 0.25) is 5.91 Å². The summed E-state index contributed by atoms with van der Waals surface area (Å²) in [6.07, 6.45) is 2.52. The van der Waals surface area contributed by atoms with E-state index in [1.54, 1.807) is 18.2 Å². The van der Waals surface area contributed by atoms with Gasteiger partial charge in [-0.3, -0.25) is 4.79 Å². The van der Waals surface area contributed by atoms with Crippen molar-refractivity contribution in [3.05, 3.63) is 52.8 Å². The monoisotopic (exact) mass is 372 g/mol. The van der Waals surface area contributed by atoms with Gasteiger partial charge in [0.25, 0.3) is 0 Å². The van der Waals surface area contributed by atoms with Crippen LogP contribution in [0.2, 0.25) is 5.02 Å². The van der Waals surface area contributed by atoms with Crippen LogP contribution in [0.25, 0.3) is 0 Å². The first-order valence-corrected chi connectivity index (χ1v) is 8.84. The Morgan fingerprint density at radius 2 is 1.88 bits per heavy atom. The van der Waals surface area contributed by atoms with E-state index in [9.17, 15) is 14.7 Å². The summed E-state index contributed by atoms with van der Waals surface area (Å²) in [4.78, 5) is 28.1. The third-order valence-electron chi connectivity index (χ3n) is 5.15. The van der Waals surface area contributed by atoms with E-state index in [4.69, 9.17) is 16.3 Å². The number of aromatic carboxylic acids is 1. The minimum Gasteiger partial charge on any atom is -0.490 e. The average Bonchev–Trinajstić information content (AvgIpc) is 2.90. The van der Waals surface area contributed by atoms with Crippen LogP contribution >= 0.6 is 11.6 Å². The fraction of sp³-hybridized carbons (Fsp3) is 0.316. The molecule has 134 valence electrons. The Morgan fingerprint density at radius 1 is 1.19 bits per heavy atom. The molecule has 1 aromatic heterocycles. The number of carbonyl (C=O) groups excluding carboxylic acids is 1. The van der Waals surface area contributed by atoms with E-state index in [1.165, 1.54) is 6.07 Å². The number of carbonyl (C=O) groups is 2. The molecule has 1 spiro atoms. The lowest BCUT2D eigenvalue weighted by molar-refractivity contribution is -0.122. The molecule has 26 heavy (non-hydrogen) atoms. The molecule has 1 amide bonds. The van der Waals surface area contributed by atoms with Gasteiger partial charge < -0.3 is 15.2 Å². The molecule has 2 aromatic rings. The Labute approximate surface area is 155 Å². The summed E-state index contributed by atoms with van der Waals surface area (Å²) in [5, 5.41) is 12.7. The Kier molecular flexibility index (Phi) is 4.07. The quantitative estimate of drug-likeness (QED) is 0.858. The molecule has 0 saturated heterocycles. The number of halogens is 1. The zero-order valence-electron chi connectivity index (χ0n) is 13.9. The Hall–Kier alpha value is -2.60. The Bertz CT molecular complexity index is 874. The van der Waals surface area contributed by atoms with E-state index in [-0.39, 0.29) is 17.7 Å². The van der Waals surface area contributed by atoms with Crippen molar-refractivity contribution in [1.29, 1.82) is 0 Å². The number of hydrogen-bond donors (Lipinski definition) is 2. The van der Waals surface area contributed by atoms with Gasteiger partial charge in [0.05, 0.1) is 22.9 Å². The second-order valence-electron chi connectivity index (χ2n) is 6.71. The molecule has 4 rings (SSSR count). The van der Waals surface area contributed by atoms with Gasteiger partial charge in [-0.25, -0.2) is 9.78 Å². The second kappa shape index (κ2) is 6.29. The average molecular weight is 373 g/mol. The maximum Gasteiger partial charge on any atom is 0.354 e. The number of benzene rings is 1. The molecule has 1 fully saturated rings. The van der Waals surface area contributed by atoms with Crippen LogP contribution in [-0.2, 0) is 10.2 Å². The van der Waals surface area contributed by atoms with Gasteiger partial charge in [-0.15, -0.1) is 0 Å². The molecule has 0 atom stereocenters. The van der Waals surface area contributed by atoms with E-state index in [2.05, 4.69) is 10.3 Å². The van der Waals surface area contributed by atoms with Crippen molar-refractivity contribution in [3.63, 3.8) is 0 Å². The molecule has 0 bridgehead atoms. The van der Waals surface area contributed by atoms with Crippen molar-refractivity contribution in [1.82, 2.24) is 4.98 Å². The zero-order valence-corrected chi connectivity index (χ0v) is 14.6. The fourth-order valence-corrected chi connectivity index (χ4v) is 3.89. The number of nitrogens with zero attached hydrogens (tertiary/aromatic N) is 1. The highest BCUT2D eigenvalue weighted by molar-refractivity contribution is 6.30. The molecular weight excluding hydrogens is 356 g/mol. The third kappa shape index (κ3) is 2.80. The van der Waals surface area contributed by atoms with Gasteiger partial charge in [0.1, 0.15) is 11.4 Å². The van der Waals surface area contributed by atoms with E-state index in [1.807, 2.05) is 12.1 Å². The van der Waals surface area contributed by atoms with Gasteiger partial charge in [-0.2, -0.15) is 0 Å². The predicted molar refractivity (Wildman–Crippen MR) is 95.8 cm³/mol. The molecule has 0 radical (unpaired) electrons. The first-order valence-electron chi connectivity index (χ1n) is 8.46. The molecule has 1 saturated carbocycles. The summed E-state index contributed by atoms with van der Waals surface area (Å²) >= 11 is 5.89. The first kappa shape index (κ1) is 16.8. The smallest absolute Gasteiger partial charge is 0.354 e. The lowest BCUT2D eigenvalue weighted by Gasteiger charge is -2.35. The van der Waals surface area contributed by atoms with Crippen LogP contribution in [-0.4, -0.2) is 28.1 Å². The molecule has 2 aliphatic rings. The molecule has 0 unspecified atom stereocenters. The minimum atomic E-state index is -1.10. The standard InChI is InChI=1S/C19H17ClN2O4/c20-11-1-3-12(4-2-11)26-13-7-9-19(10-8-13)16-14(22-18(19)25)5-6-15(21-16)17(23)24/h1-6,13H,7-10H2,(H,22,25)(H,23,24)/t13-,19-. The van der Waals surface area contributed by atoms with Crippen molar-refractivity contribution in [2.24, 2.45) is 0 Å². The fourth-order valence-electron chi connectivity index (χ4n) is 3.76. The summed E-state index contributed by atoms with van der Waals surface area (Å²) in [5.41, 5.74) is 0.351. The first-order chi connectivity index (χ1) is 12.5. The Balaban J connectivity index is 1.53. The van der Waals surface area contributed by atoms with Crippen molar-refractivity contribution < 1.29 is 19.4 Å². The zero-order chi connectivity index (χ0) is 18.3. The second-order valence-corrected chi connectivity index (χ2v) is 7.14. The van der Waals surface area contributed by atoms with Crippen molar-refractivity contribution >= 4 is 29.2 Å². The highest BCUT2D eigenvalue weighted by Crippen LogP contribution is 2.47. The number of hydrogen-bond acceptors (Lipinski definition) is 4. The van der Waals surface area contributed by atoms with Crippen molar-refractivity contribution in [2.45, 2.75) is 37.2 Å². The highest BCUT2D eigenvalue weighted by Gasteiger charge is 2.50. The number of ether oxygens (including phenoxy) is 1. The number of pyridine rings is 1. The van der Waals surface area contributed by atoms with Crippen LogP contribution in [0.15, 0.2) is 36.4 Å². The number of rotatable bonds is 3. The SMILES string of the molecule is O=C(O)c1ccc2c(n1)[C@]1(CC[C@@H](Oc3ccc(Cl)cc3)CC1)C(=O)N2. The summed E-state index contributed by atoms with van der Waals surface area (Å²) < 4.78 is 5.99. The molecule has 1 aliphatic carbocycles. The summed E-state index contributed by atoms with van der Waals surface area (Å²) in [6.45, 7) is 0. The number of carboxylic acid groups (broad SMARTS) is 1. The van der Waals surface area contributed by atoms with Crippen molar-refractivity contribution in [2.75, 3.05) is 5.32 Å². The van der Waals surface area contributed by atoms with Gasteiger partial charge in [0, 0.05) is 5.02 Å². The third-order valence-corrected chi connectivity index (χ3v) is 5.41. The number of aromatic nitrogens is 1. The van der Waals surface area contributed by atoms with E-state index in [0.29, 0.717) is 42.1 Å². The van der Waals surface area contributed by atoms with Gasteiger partial charge >= 0.3 is 5.97 Å².